The summed E-state index contributed by atoms with van der Waals surface area (Å²) >= 11 is 1.82. The smallest absolute Gasteiger partial charge is 0.0341 e. The van der Waals surface area contributed by atoms with Gasteiger partial charge < -0.3 is 0 Å². The van der Waals surface area contributed by atoms with Crippen molar-refractivity contribution in [3.8, 4) is 0 Å². The molecule has 0 aromatic heterocycles. The van der Waals surface area contributed by atoms with E-state index in [2.05, 4.69) is 43.2 Å². The molecule has 1 aromatic carbocycles. The number of thioether (sulfide) groups is 1. The van der Waals surface area contributed by atoms with Crippen LogP contribution in [0.15, 0.2) is 47.4 Å². The fourth-order valence-electron chi connectivity index (χ4n) is 1.37. The molecule has 0 fully saturated rings. The number of nitrogens with two attached hydrogens (primary N) is 1. The van der Waals surface area contributed by atoms with Crippen LogP contribution in [-0.2, 0) is 0 Å². The summed E-state index contributed by atoms with van der Waals surface area (Å²) in [7, 11) is 0. The number of rotatable bonds is 7. The van der Waals surface area contributed by atoms with E-state index in [4.69, 9.17) is 5.84 Å². The van der Waals surface area contributed by atoms with Gasteiger partial charge in [-0.05, 0) is 25.0 Å². The summed E-state index contributed by atoms with van der Waals surface area (Å²) in [6.45, 7) is 6.14. The second-order valence-corrected chi connectivity index (χ2v) is 4.89. The minimum Gasteiger partial charge on any atom is -0.271 e. The Balaban J connectivity index is 2.37. The first-order chi connectivity index (χ1) is 7.76. The van der Waals surface area contributed by atoms with Gasteiger partial charge in [-0.2, -0.15) is 0 Å². The van der Waals surface area contributed by atoms with Gasteiger partial charge in [0.1, 0.15) is 0 Å². The molecule has 0 bridgehead atoms. The lowest BCUT2D eigenvalue weighted by molar-refractivity contribution is 0.568. The molecule has 1 aromatic rings. The zero-order valence-electron chi connectivity index (χ0n) is 9.78. The standard InChI is InChI=1S/C13H20N2S/c1-3-11(2)9-12(15-14)10-16-13-7-5-4-6-8-13/h4-8,12,15H,2-3,9-10,14H2,1H3. The summed E-state index contributed by atoms with van der Waals surface area (Å²) in [5.74, 6) is 6.51. The molecule has 0 heterocycles. The summed E-state index contributed by atoms with van der Waals surface area (Å²) in [5.41, 5.74) is 4.10. The first-order valence-electron chi connectivity index (χ1n) is 5.57. The number of hydrazine groups is 1. The molecule has 0 saturated carbocycles. The van der Waals surface area contributed by atoms with Crippen molar-refractivity contribution in [1.82, 2.24) is 5.43 Å². The van der Waals surface area contributed by atoms with Gasteiger partial charge in [0.05, 0.1) is 0 Å². The van der Waals surface area contributed by atoms with Crippen molar-refractivity contribution < 1.29 is 0 Å². The lowest BCUT2D eigenvalue weighted by atomic mass is 10.1. The first-order valence-corrected chi connectivity index (χ1v) is 6.55. The van der Waals surface area contributed by atoms with Gasteiger partial charge >= 0.3 is 0 Å². The van der Waals surface area contributed by atoms with E-state index < -0.39 is 0 Å². The summed E-state index contributed by atoms with van der Waals surface area (Å²) in [6, 6.07) is 10.7. The molecular formula is C13H20N2S. The maximum atomic E-state index is 5.54. The van der Waals surface area contributed by atoms with Crippen LogP contribution >= 0.6 is 11.8 Å². The van der Waals surface area contributed by atoms with Crippen molar-refractivity contribution in [1.29, 1.82) is 0 Å². The van der Waals surface area contributed by atoms with Crippen LogP contribution in [0.25, 0.3) is 0 Å². The van der Waals surface area contributed by atoms with Crippen LogP contribution in [0.4, 0.5) is 0 Å². The SMILES string of the molecule is C=C(CC)CC(CSc1ccccc1)NN. The molecule has 0 saturated heterocycles. The molecule has 3 heteroatoms. The topological polar surface area (TPSA) is 38.0 Å². The Morgan fingerprint density at radius 2 is 2.12 bits per heavy atom. The number of hydrogen-bond acceptors (Lipinski definition) is 3. The van der Waals surface area contributed by atoms with Crippen LogP contribution in [-0.4, -0.2) is 11.8 Å². The van der Waals surface area contributed by atoms with Crippen LogP contribution in [0, 0.1) is 0 Å². The van der Waals surface area contributed by atoms with Crippen LogP contribution in [0.3, 0.4) is 0 Å². The van der Waals surface area contributed by atoms with E-state index >= 15 is 0 Å². The maximum absolute atomic E-state index is 5.54. The van der Waals surface area contributed by atoms with Crippen LogP contribution in [0.5, 0.6) is 0 Å². The Bertz CT molecular complexity index is 311. The zero-order chi connectivity index (χ0) is 11.8. The Kier molecular flexibility index (Phi) is 6.23. The summed E-state index contributed by atoms with van der Waals surface area (Å²) in [4.78, 5) is 1.28. The molecule has 1 rings (SSSR count). The molecule has 0 aliphatic rings. The molecule has 0 aliphatic heterocycles. The van der Waals surface area contributed by atoms with Gasteiger partial charge in [0.25, 0.3) is 0 Å². The second kappa shape index (κ2) is 7.49. The van der Waals surface area contributed by atoms with Gasteiger partial charge in [-0.3, -0.25) is 11.3 Å². The molecule has 1 atom stereocenters. The third-order valence-electron chi connectivity index (χ3n) is 2.47. The molecule has 0 amide bonds. The van der Waals surface area contributed by atoms with Crippen molar-refractivity contribution in [2.75, 3.05) is 5.75 Å². The molecular weight excluding hydrogens is 216 g/mol. The largest absolute Gasteiger partial charge is 0.271 e. The first kappa shape index (κ1) is 13.3. The van der Waals surface area contributed by atoms with Crippen molar-refractivity contribution in [3.63, 3.8) is 0 Å². The molecule has 88 valence electrons. The van der Waals surface area contributed by atoms with Crippen LogP contribution < -0.4 is 11.3 Å². The molecule has 1 unspecified atom stereocenters. The maximum Gasteiger partial charge on any atom is 0.0341 e. The van der Waals surface area contributed by atoms with E-state index in [9.17, 15) is 0 Å². The molecule has 0 aliphatic carbocycles. The van der Waals surface area contributed by atoms with E-state index in [-0.39, 0.29) is 0 Å². The fraction of sp³-hybridized carbons (Fsp3) is 0.385. The van der Waals surface area contributed by atoms with Crippen LogP contribution in [0.2, 0.25) is 0 Å². The van der Waals surface area contributed by atoms with E-state index in [1.54, 1.807) is 0 Å². The highest BCUT2D eigenvalue weighted by Gasteiger charge is 2.08. The average Bonchev–Trinajstić information content (AvgIpc) is 2.35. The van der Waals surface area contributed by atoms with Crippen molar-refractivity contribution in [2.45, 2.75) is 30.7 Å². The molecule has 2 nitrogen and oxygen atoms in total. The van der Waals surface area contributed by atoms with E-state index in [1.165, 1.54) is 10.5 Å². The molecule has 3 N–H and O–H groups in total. The highest BCUT2D eigenvalue weighted by molar-refractivity contribution is 7.99. The van der Waals surface area contributed by atoms with Gasteiger partial charge in [0.15, 0.2) is 0 Å². The third-order valence-corrected chi connectivity index (χ3v) is 3.64. The summed E-state index contributed by atoms with van der Waals surface area (Å²) in [5, 5.41) is 0. The molecule has 16 heavy (non-hydrogen) atoms. The third kappa shape index (κ3) is 4.84. The van der Waals surface area contributed by atoms with Crippen LogP contribution in [0.1, 0.15) is 19.8 Å². The van der Waals surface area contributed by atoms with Gasteiger partial charge in [0.2, 0.25) is 0 Å². The van der Waals surface area contributed by atoms with Gasteiger partial charge in [-0.25, -0.2) is 0 Å². The van der Waals surface area contributed by atoms with Crippen molar-refractivity contribution in [3.05, 3.63) is 42.5 Å². The zero-order valence-corrected chi connectivity index (χ0v) is 10.6. The number of benzene rings is 1. The normalized spacial score (nSPS) is 12.4. The Morgan fingerprint density at radius 1 is 1.44 bits per heavy atom. The predicted octanol–water partition coefficient (Wildman–Crippen LogP) is 2.97. The average molecular weight is 236 g/mol. The van der Waals surface area contributed by atoms with Gasteiger partial charge in [-0.1, -0.05) is 37.3 Å². The van der Waals surface area contributed by atoms with Crippen molar-refractivity contribution >= 4 is 11.8 Å². The molecule has 0 radical (unpaired) electrons. The fourth-order valence-corrected chi connectivity index (χ4v) is 2.33. The van der Waals surface area contributed by atoms with E-state index in [1.807, 2.05) is 17.8 Å². The lowest BCUT2D eigenvalue weighted by Gasteiger charge is -2.16. The lowest BCUT2D eigenvalue weighted by Crippen LogP contribution is -2.37. The highest BCUT2D eigenvalue weighted by atomic mass is 32.2. The number of nitrogens with one attached hydrogen (secondary N) is 1. The second-order valence-electron chi connectivity index (χ2n) is 3.80. The van der Waals surface area contributed by atoms with Gasteiger partial charge in [-0.15, -0.1) is 11.8 Å². The number of hydrogen-bond donors (Lipinski definition) is 2. The monoisotopic (exact) mass is 236 g/mol. The van der Waals surface area contributed by atoms with E-state index in [0.29, 0.717) is 6.04 Å². The Hall–Kier alpha value is -0.770. The quantitative estimate of drug-likeness (QED) is 0.331. The minimum absolute atomic E-state index is 0.303. The molecule has 0 spiro atoms. The highest BCUT2D eigenvalue weighted by Crippen LogP contribution is 2.20. The predicted molar refractivity (Wildman–Crippen MR) is 72.3 cm³/mol. The Labute approximate surface area is 102 Å². The minimum atomic E-state index is 0.303. The van der Waals surface area contributed by atoms with Crippen molar-refractivity contribution in [2.24, 2.45) is 5.84 Å². The summed E-state index contributed by atoms with van der Waals surface area (Å²) < 4.78 is 0. The van der Waals surface area contributed by atoms with E-state index in [0.717, 1.165) is 18.6 Å². The summed E-state index contributed by atoms with van der Waals surface area (Å²) in [6.07, 6.45) is 1.97. The Morgan fingerprint density at radius 3 is 2.69 bits per heavy atom. The van der Waals surface area contributed by atoms with Gasteiger partial charge in [0, 0.05) is 16.7 Å².